The Balaban J connectivity index is 1.23. The predicted octanol–water partition coefficient (Wildman–Crippen LogP) is 8.03. The van der Waals surface area contributed by atoms with E-state index in [1.807, 2.05) is 0 Å². The number of benzene rings is 6. The lowest BCUT2D eigenvalue weighted by Crippen LogP contribution is -2.37. The Hall–Kier alpha value is -7.25. The molecule has 6 N–H and O–H groups in total. The summed E-state index contributed by atoms with van der Waals surface area (Å²) in [6.07, 6.45) is 0. The monoisotopic (exact) mass is 924 g/mol. The van der Waals surface area contributed by atoms with Crippen molar-refractivity contribution in [3.8, 4) is 11.5 Å². The van der Waals surface area contributed by atoms with Gasteiger partial charge in [-0.1, -0.05) is 30.3 Å². The van der Waals surface area contributed by atoms with Crippen LogP contribution in [0, 0.1) is 20.4 Å². The van der Waals surface area contributed by atoms with E-state index < -0.39 is 36.0 Å². The minimum Gasteiger partial charge on any atom is -0.506 e. The van der Waals surface area contributed by atoms with Gasteiger partial charge in [-0.15, -0.1) is 0 Å². The smallest absolute Gasteiger partial charge is 0.264 e. The fraction of sp³-hybridized carbons (Fsp3) is 0.163. The second kappa shape index (κ2) is 17.9. The van der Waals surface area contributed by atoms with Crippen LogP contribution >= 0.6 is 0 Å². The molecule has 0 atom stereocenters. The zero-order chi connectivity index (χ0) is 46.0. The Labute approximate surface area is 369 Å². The molecule has 0 aromatic heterocycles. The first-order chi connectivity index (χ1) is 30.4. The summed E-state index contributed by atoms with van der Waals surface area (Å²) in [6, 6.07) is 23.6. The number of ether oxygens (including phenoxy) is 1. The van der Waals surface area contributed by atoms with Crippen molar-refractivity contribution in [1.82, 2.24) is 0 Å². The van der Waals surface area contributed by atoms with Crippen LogP contribution in [0.3, 0.4) is 0 Å². The Bertz CT molecular complexity index is 3250. The number of hydrogen-bond acceptors (Lipinski definition) is 13. The van der Waals surface area contributed by atoms with Crippen molar-refractivity contribution in [3.63, 3.8) is 0 Å². The maximum Gasteiger partial charge on any atom is 0.264 e. The minimum absolute atomic E-state index is 0.00556. The van der Waals surface area contributed by atoms with Gasteiger partial charge in [-0.3, -0.25) is 19.0 Å². The number of nitrogens with zero attached hydrogens (tertiary/aromatic N) is 4. The van der Waals surface area contributed by atoms with E-state index in [0.29, 0.717) is 26.3 Å². The lowest BCUT2D eigenvalue weighted by molar-refractivity contribution is -0.114. The van der Waals surface area contributed by atoms with Crippen LogP contribution in [0.4, 0.5) is 45.5 Å². The van der Waals surface area contributed by atoms with Gasteiger partial charge in [-0.05, 0) is 97.8 Å². The van der Waals surface area contributed by atoms with Gasteiger partial charge in [0.05, 0.1) is 69.4 Å². The number of carbonyl (C=O) groups is 1. The Morgan fingerprint density at radius 3 is 2.08 bits per heavy atom. The maximum absolute atomic E-state index is 14.0. The molecule has 1 saturated heterocycles. The summed E-state index contributed by atoms with van der Waals surface area (Å²) in [4.78, 5) is 16.6. The second-order valence-corrected chi connectivity index (χ2v) is 19.5. The molecule has 0 bridgehead atoms. The quantitative estimate of drug-likeness (QED) is 0.0367. The molecule has 21 heteroatoms. The van der Waals surface area contributed by atoms with Crippen LogP contribution in [0.15, 0.2) is 128 Å². The highest BCUT2D eigenvalue weighted by Gasteiger charge is 2.27. The fourth-order valence-electron chi connectivity index (χ4n) is 6.81. The number of phenolic OH excluding ortho intramolecular Hbond substituents is 2. The average Bonchev–Trinajstić information content (AvgIpc) is 3.26. The molecular weight excluding hydrogens is 885 g/mol. The molecule has 1 amide bonds. The molecule has 0 radical (unpaired) electrons. The highest BCUT2D eigenvalue weighted by molar-refractivity contribution is 7.93. The summed E-state index contributed by atoms with van der Waals surface area (Å²) in [5.74, 6) is -1.21. The summed E-state index contributed by atoms with van der Waals surface area (Å²) >= 11 is 0. The van der Waals surface area contributed by atoms with E-state index in [1.54, 1.807) is 36.9 Å². The SMILES string of the molecule is [C-]#[N+]c1cc(S(=O)(=O)Nc2ccc(N3CCOCC3)c(S(=O)(=O)Nc3cc(C)c(C)cc3O)c2)ccc1N=Nc1cc(NC(C)=O)c(O)c2cccc(NS(=O)(=O)c3ccccc3)c12. The van der Waals surface area contributed by atoms with Crippen molar-refractivity contribution in [3.05, 3.63) is 126 Å². The van der Waals surface area contributed by atoms with Crippen molar-refractivity contribution in [2.45, 2.75) is 35.5 Å². The number of rotatable bonds is 13. The van der Waals surface area contributed by atoms with Crippen LogP contribution in [-0.4, -0.2) is 67.7 Å². The third-order valence-corrected chi connectivity index (χ3v) is 14.2. The zero-order valence-corrected chi connectivity index (χ0v) is 36.8. The number of carbonyl (C=O) groups excluding carboxylic acids is 1. The first-order valence-corrected chi connectivity index (χ1v) is 23.7. The van der Waals surface area contributed by atoms with Gasteiger partial charge in [-0.25, -0.2) is 30.1 Å². The average molecular weight is 925 g/mol. The van der Waals surface area contributed by atoms with Gasteiger partial charge in [0.25, 0.3) is 30.1 Å². The number of phenols is 2. The van der Waals surface area contributed by atoms with Gasteiger partial charge >= 0.3 is 0 Å². The first kappa shape index (κ1) is 44.8. The molecule has 6 aromatic rings. The van der Waals surface area contributed by atoms with Gasteiger partial charge in [-0.2, -0.15) is 10.2 Å². The zero-order valence-electron chi connectivity index (χ0n) is 34.3. The number of amides is 1. The summed E-state index contributed by atoms with van der Waals surface area (Å²) < 4.78 is 95.3. The fourth-order valence-corrected chi connectivity index (χ4v) is 10.3. The number of hydrogen-bond donors (Lipinski definition) is 6. The van der Waals surface area contributed by atoms with Gasteiger partial charge in [0.15, 0.2) is 0 Å². The van der Waals surface area contributed by atoms with Crippen LogP contribution in [0.2, 0.25) is 0 Å². The summed E-state index contributed by atoms with van der Waals surface area (Å²) in [5.41, 5.74) is 1.10. The van der Waals surface area contributed by atoms with E-state index in [9.17, 15) is 40.3 Å². The highest BCUT2D eigenvalue weighted by atomic mass is 32.2. The number of morpholine rings is 1. The lowest BCUT2D eigenvalue weighted by atomic mass is 10.0. The van der Waals surface area contributed by atoms with Crippen molar-refractivity contribution >= 4 is 92.2 Å². The van der Waals surface area contributed by atoms with Gasteiger partial charge in [0.1, 0.15) is 16.4 Å². The Morgan fingerprint density at radius 2 is 1.38 bits per heavy atom. The van der Waals surface area contributed by atoms with E-state index in [2.05, 4.69) is 34.6 Å². The molecule has 1 heterocycles. The van der Waals surface area contributed by atoms with Crippen molar-refractivity contribution < 1.29 is 45.0 Å². The highest BCUT2D eigenvalue weighted by Crippen LogP contribution is 2.45. The molecule has 6 aromatic carbocycles. The largest absolute Gasteiger partial charge is 0.506 e. The standard InChI is InChI=1S/C43H40N8O10S3/c1-26-21-36(40(53)22-27(26)2)50-64(59,60)41-23-29(13-16-39(41)51-17-19-61-20-18-51)48-63(57,58)31-14-15-33(35(24-31)44-4)46-47-37-25-38(45-28(3)52)43(54)32-11-8-12-34(42(32)37)49-62(55,56)30-9-6-5-7-10-30/h5-16,21-25,48-50,53-54H,17-20H2,1-3H3,(H,45,52). The number of aromatic hydroxyl groups is 2. The number of sulfonamides is 3. The van der Waals surface area contributed by atoms with E-state index in [-0.39, 0.29) is 82.5 Å². The van der Waals surface area contributed by atoms with Crippen molar-refractivity contribution in [2.24, 2.45) is 10.2 Å². The molecule has 0 spiro atoms. The van der Waals surface area contributed by atoms with Crippen LogP contribution in [0.25, 0.3) is 15.6 Å². The van der Waals surface area contributed by atoms with Crippen LogP contribution < -0.4 is 24.4 Å². The summed E-state index contributed by atoms with van der Waals surface area (Å²) in [5, 5.41) is 32.9. The maximum atomic E-state index is 14.0. The van der Waals surface area contributed by atoms with Crippen LogP contribution in [0.1, 0.15) is 18.1 Å². The molecule has 0 unspecified atom stereocenters. The number of nitrogens with one attached hydrogen (secondary N) is 4. The summed E-state index contributed by atoms with van der Waals surface area (Å²) in [6.45, 7) is 14.0. The third-order valence-electron chi connectivity index (χ3n) is 10.1. The van der Waals surface area contributed by atoms with E-state index >= 15 is 0 Å². The Morgan fingerprint density at radius 1 is 0.703 bits per heavy atom. The van der Waals surface area contributed by atoms with Crippen LogP contribution in [-0.2, 0) is 39.6 Å². The Kier molecular flexibility index (Phi) is 12.5. The molecule has 18 nitrogen and oxygen atoms in total. The minimum atomic E-state index is -4.49. The van der Waals surface area contributed by atoms with Crippen LogP contribution in [0.5, 0.6) is 11.5 Å². The normalized spacial score (nSPS) is 13.4. The number of anilines is 5. The lowest BCUT2D eigenvalue weighted by Gasteiger charge is -2.30. The van der Waals surface area contributed by atoms with Crippen molar-refractivity contribution in [2.75, 3.05) is 50.7 Å². The molecule has 64 heavy (non-hydrogen) atoms. The second-order valence-electron chi connectivity index (χ2n) is 14.5. The predicted molar refractivity (Wildman–Crippen MR) is 243 cm³/mol. The first-order valence-electron chi connectivity index (χ1n) is 19.3. The topological polar surface area (TPSA) is 250 Å². The third kappa shape index (κ3) is 9.54. The van der Waals surface area contributed by atoms with E-state index in [0.717, 1.165) is 29.3 Å². The number of azo groups is 1. The van der Waals surface area contributed by atoms with Crippen molar-refractivity contribution in [1.29, 1.82) is 0 Å². The molecule has 330 valence electrons. The number of aryl methyl sites for hydroxylation is 2. The summed E-state index contributed by atoms with van der Waals surface area (Å²) in [7, 11) is -13.1. The molecule has 1 aliphatic rings. The van der Waals surface area contributed by atoms with E-state index in [4.69, 9.17) is 11.3 Å². The number of fused-ring (bicyclic) bond motifs is 1. The molecule has 0 saturated carbocycles. The molecule has 7 rings (SSSR count). The molecular formula is C43H40N8O10S3. The van der Waals surface area contributed by atoms with E-state index in [1.165, 1.54) is 73.7 Å². The molecule has 0 aliphatic carbocycles. The van der Waals surface area contributed by atoms with Gasteiger partial charge in [0, 0.05) is 30.8 Å². The molecule has 1 fully saturated rings. The van der Waals surface area contributed by atoms with Gasteiger partial charge < -0.3 is 25.2 Å². The molecule has 1 aliphatic heterocycles. The van der Waals surface area contributed by atoms with Gasteiger partial charge in [0.2, 0.25) is 11.6 Å².